The van der Waals surface area contributed by atoms with E-state index < -0.39 is 0 Å². The van der Waals surface area contributed by atoms with Crippen LogP contribution in [0.2, 0.25) is 0 Å². The van der Waals surface area contributed by atoms with Crippen molar-refractivity contribution in [3.63, 3.8) is 0 Å². The van der Waals surface area contributed by atoms with Crippen LogP contribution < -0.4 is 9.80 Å². The number of benzene rings is 1. The molecule has 0 spiro atoms. The minimum Gasteiger partial charge on any atom is -0.368 e. The summed E-state index contributed by atoms with van der Waals surface area (Å²) in [6.07, 6.45) is 2.23. The third-order valence-corrected chi connectivity index (χ3v) is 5.78. The van der Waals surface area contributed by atoms with E-state index in [-0.39, 0.29) is 11.7 Å². The molecule has 2 aliphatic rings. The lowest BCUT2D eigenvalue weighted by atomic mass is 10.00. The Morgan fingerprint density at radius 1 is 1.03 bits per heavy atom. The monoisotopic (exact) mass is 397 g/mol. The van der Waals surface area contributed by atoms with Gasteiger partial charge in [0, 0.05) is 51.0 Å². The largest absolute Gasteiger partial charge is 0.368 e. The van der Waals surface area contributed by atoms with E-state index in [1.807, 2.05) is 30.0 Å². The Morgan fingerprint density at radius 3 is 2.41 bits per heavy atom. The van der Waals surface area contributed by atoms with Crippen molar-refractivity contribution >= 4 is 17.4 Å². The summed E-state index contributed by atoms with van der Waals surface area (Å²) >= 11 is 0. The molecular formula is C22H28FN5O. The van der Waals surface area contributed by atoms with Gasteiger partial charge in [-0.1, -0.05) is 6.92 Å². The van der Waals surface area contributed by atoms with Gasteiger partial charge in [-0.25, -0.2) is 14.4 Å². The van der Waals surface area contributed by atoms with Crippen LogP contribution in [0.3, 0.4) is 0 Å². The van der Waals surface area contributed by atoms with E-state index in [9.17, 15) is 9.18 Å². The molecule has 4 rings (SSSR count). The summed E-state index contributed by atoms with van der Waals surface area (Å²) in [4.78, 5) is 28.3. The maximum absolute atomic E-state index is 13.2. The number of aryl methyl sites for hydroxylation is 1. The number of aromatic nitrogens is 2. The van der Waals surface area contributed by atoms with Crippen molar-refractivity contribution in [1.29, 1.82) is 0 Å². The lowest BCUT2D eigenvalue weighted by Gasteiger charge is -2.37. The number of carbonyl (C=O) groups excluding carboxylic acids is 1. The second-order valence-electron chi connectivity index (χ2n) is 8.11. The van der Waals surface area contributed by atoms with Crippen LogP contribution in [-0.2, 0) is 0 Å². The first-order chi connectivity index (χ1) is 14.0. The highest BCUT2D eigenvalue weighted by atomic mass is 19.1. The van der Waals surface area contributed by atoms with E-state index in [1.54, 1.807) is 0 Å². The van der Waals surface area contributed by atoms with Crippen LogP contribution in [0.5, 0.6) is 0 Å². The average Bonchev–Trinajstić information content (AvgIpc) is 2.73. The van der Waals surface area contributed by atoms with E-state index in [2.05, 4.69) is 26.7 Å². The smallest absolute Gasteiger partial charge is 0.272 e. The minimum atomic E-state index is -0.218. The molecule has 29 heavy (non-hydrogen) atoms. The summed E-state index contributed by atoms with van der Waals surface area (Å²) in [7, 11) is 0. The van der Waals surface area contributed by atoms with Crippen molar-refractivity contribution in [3.05, 3.63) is 47.7 Å². The number of piperidine rings is 1. The number of hydrogen-bond donors (Lipinski definition) is 0. The number of carbonyl (C=O) groups is 1. The van der Waals surface area contributed by atoms with Crippen molar-refractivity contribution in [1.82, 2.24) is 14.9 Å². The molecule has 7 heteroatoms. The standard InChI is InChI=1S/C22H28FN5O/c1-16-4-3-9-28(15-16)22(29)20-14-21(25-17(2)24-20)27-12-10-26(11-13-27)19-7-5-18(23)6-8-19/h5-8,14,16H,3-4,9-13,15H2,1-2H3. The van der Waals surface area contributed by atoms with E-state index in [4.69, 9.17) is 0 Å². The molecule has 154 valence electrons. The quantitative estimate of drug-likeness (QED) is 0.797. The number of anilines is 2. The lowest BCUT2D eigenvalue weighted by Crippen LogP contribution is -2.47. The molecule has 0 saturated carbocycles. The van der Waals surface area contributed by atoms with Crippen molar-refractivity contribution in [2.45, 2.75) is 26.7 Å². The molecule has 0 bridgehead atoms. The topological polar surface area (TPSA) is 52.6 Å². The Hall–Kier alpha value is -2.70. The molecule has 1 aromatic carbocycles. The van der Waals surface area contributed by atoms with Gasteiger partial charge in [-0.3, -0.25) is 4.79 Å². The van der Waals surface area contributed by atoms with Crippen LogP contribution in [0.1, 0.15) is 36.1 Å². The SMILES string of the molecule is Cc1nc(C(=O)N2CCCC(C)C2)cc(N2CCN(c3ccc(F)cc3)CC2)n1. The Morgan fingerprint density at radius 2 is 1.72 bits per heavy atom. The van der Waals surface area contributed by atoms with Crippen LogP contribution >= 0.6 is 0 Å². The second kappa shape index (κ2) is 8.35. The van der Waals surface area contributed by atoms with E-state index in [1.165, 1.54) is 18.6 Å². The summed E-state index contributed by atoms with van der Waals surface area (Å²) in [5, 5.41) is 0. The van der Waals surface area contributed by atoms with Gasteiger partial charge < -0.3 is 14.7 Å². The number of halogens is 1. The maximum Gasteiger partial charge on any atom is 0.272 e. The molecule has 3 heterocycles. The summed E-state index contributed by atoms with van der Waals surface area (Å²) in [6, 6.07) is 8.46. The highest BCUT2D eigenvalue weighted by molar-refractivity contribution is 5.93. The molecule has 0 N–H and O–H groups in total. The first kappa shape index (κ1) is 19.6. The molecule has 0 aliphatic carbocycles. The second-order valence-corrected chi connectivity index (χ2v) is 8.11. The maximum atomic E-state index is 13.2. The minimum absolute atomic E-state index is 0.00764. The Bertz CT molecular complexity index is 864. The van der Waals surface area contributed by atoms with Crippen molar-refractivity contribution in [2.24, 2.45) is 5.92 Å². The molecular weight excluding hydrogens is 369 g/mol. The number of amides is 1. The summed E-state index contributed by atoms with van der Waals surface area (Å²) in [5.41, 5.74) is 1.52. The van der Waals surface area contributed by atoms with Crippen molar-refractivity contribution < 1.29 is 9.18 Å². The molecule has 1 unspecified atom stereocenters. The van der Waals surface area contributed by atoms with Crippen LogP contribution in [0.25, 0.3) is 0 Å². The number of rotatable bonds is 3. The van der Waals surface area contributed by atoms with E-state index in [0.29, 0.717) is 17.4 Å². The fourth-order valence-corrected chi connectivity index (χ4v) is 4.21. The van der Waals surface area contributed by atoms with Crippen LogP contribution in [0.15, 0.2) is 30.3 Å². The normalized spacial score (nSPS) is 20.1. The summed E-state index contributed by atoms with van der Waals surface area (Å²) < 4.78 is 13.2. The zero-order chi connectivity index (χ0) is 20.4. The van der Waals surface area contributed by atoms with Crippen molar-refractivity contribution in [2.75, 3.05) is 49.1 Å². The molecule has 1 aromatic heterocycles. The molecule has 2 fully saturated rings. The third-order valence-electron chi connectivity index (χ3n) is 5.78. The predicted molar refractivity (Wildman–Crippen MR) is 112 cm³/mol. The average molecular weight is 397 g/mol. The van der Waals surface area contributed by atoms with Gasteiger partial charge in [-0.2, -0.15) is 0 Å². The van der Waals surface area contributed by atoms with Gasteiger partial charge in [0.25, 0.3) is 5.91 Å². The molecule has 0 radical (unpaired) electrons. The van der Waals surface area contributed by atoms with Gasteiger partial charge in [-0.15, -0.1) is 0 Å². The van der Waals surface area contributed by atoms with Gasteiger partial charge in [-0.05, 0) is 49.9 Å². The molecule has 1 atom stereocenters. The number of hydrogen-bond acceptors (Lipinski definition) is 5. The zero-order valence-electron chi connectivity index (χ0n) is 17.1. The van der Waals surface area contributed by atoms with Crippen molar-refractivity contribution in [3.8, 4) is 0 Å². The third kappa shape index (κ3) is 4.49. The Balaban J connectivity index is 1.45. The van der Waals surface area contributed by atoms with Gasteiger partial charge >= 0.3 is 0 Å². The predicted octanol–water partition coefficient (Wildman–Crippen LogP) is 3.12. The summed E-state index contributed by atoms with van der Waals surface area (Å²) in [6.45, 7) is 8.86. The fourth-order valence-electron chi connectivity index (χ4n) is 4.21. The molecule has 1 amide bonds. The number of nitrogens with zero attached hydrogens (tertiary/aromatic N) is 5. The molecule has 2 aromatic rings. The highest BCUT2D eigenvalue weighted by Crippen LogP contribution is 2.22. The lowest BCUT2D eigenvalue weighted by molar-refractivity contribution is 0.0676. The van der Waals surface area contributed by atoms with Gasteiger partial charge in [0.15, 0.2) is 0 Å². The first-order valence-electron chi connectivity index (χ1n) is 10.4. The molecule has 2 aliphatic heterocycles. The van der Waals surface area contributed by atoms with Crippen LogP contribution in [0, 0.1) is 18.7 Å². The van der Waals surface area contributed by atoms with Crippen LogP contribution in [-0.4, -0.2) is 60.0 Å². The zero-order valence-corrected chi connectivity index (χ0v) is 17.1. The van der Waals surface area contributed by atoms with Gasteiger partial charge in [0.2, 0.25) is 0 Å². The number of piperazine rings is 1. The fraction of sp³-hybridized carbons (Fsp3) is 0.500. The van der Waals surface area contributed by atoms with Gasteiger partial charge in [0.05, 0.1) is 0 Å². The van der Waals surface area contributed by atoms with E-state index >= 15 is 0 Å². The molecule has 6 nitrogen and oxygen atoms in total. The Kier molecular flexibility index (Phi) is 5.65. The van der Waals surface area contributed by atoms with Gasteiger partial charge in [0.1, 0.15) is 23.2 Å². The first-order valence-corrected chi connectivity index (χ1v) is 10.4. The van der Waals surface area contributed by atoms with Crippen LogP contribution in [0.4, 0.5) is 15.9 Å². The van der Waals surface area contributed by atoms with E-state index in [0.717, 1.165) is 57.2 Å². The Labute approximate surface area is 171 Å². The summed E-state index contributed by atoms with van der Waals surface area (Å²) in [5.74, 6) is 1.76. The highest BCUT2D eigenvalue weighted by Gasteiger charge is 2.25. The number of likely N-dealkylation sites (tertiary alicyclic amines) is 1. The molecule has 2 saturated heterocycles.